The SMILES string of the molecule is CCN1CCCC(Nc2nc(C)cc(OC(C)C)n2)C1. The first-order valence-corrected chi connectivity index (χ1v) is 7.58. The smallest absolute Gasteiger partial charge is 0.226 e. The molecule has 1 aliphatic heterocycles. The Kier molecular flexibility index (Phi) is 5.17. The number of aryl methyl sites for hydroxylation is 1. The van der Waals surface area contributed by atoms with E-state index in [0.29, 0.717) is 17.9 Å². The lowest BCUT2D eigenvalue weighted by atomic mass is 10.1. The van der Waals surface area contributed by atoms with Crippen LogP contribution in [0.1, 0.15) is 39.3 Å². The van der Waals surface area contributed by atoms with Gasteiger partial charge in [-0.3, -0.25) is 0 Å². The van der Waals surface area contributed by atoms with Crippen LogP contribution in [0.3, 0.4) is 0 Å². The largest absolute Gasteiger partial charge is 0.475 e. The third-order valence-corrected chi connectivity index (χ3v) is 3.47. The van der Waals surface area contributed by atoms with E-state index in [0.717, 1.165) is 18.8 Å². The highest BCUT2D eigenvalue weighted by Crippen LogP contribution is 2.17. The number of hydrogen-bond acceptors (Lipinski definition) is 5. The lowest BCUT2D eigenvalue weighted by Crippen LogP contribution is -2.42. The average Bonchev–Trinajstić information content (AvgIpc) is 2.37. The van der Waals surface area contributed by atoms with Crippen LogP contribution in [0.2, 0.25) is 0 Å². The molecule has 5 heteroatoms. The van der Waals surface area contributed by atoms with Gasteiger partial charge in [0.15, 0.2) is 0 Å². The summed E-state index contributed by atoms with van der Waals surface area (Å²) in [7, 11) is 0. The predicted molar refractivity (Wildman–Crippen MR) is 81.3 cm³/mol. The number of rotatable bonds is 5. The zero-order valence-corrected chi connectivity index (χ0v) is 13.0. The Morgan fingerprint density at radius 2 is 2.25 bits per heavy atom. The van der Waals surface area contributed by atoms with Crippen molar-refractivity contribution in [3.05, 3.63) is 11.8 Å². The molecular weight excluding hydrogens is 252 g/mol. The molecule has 0 saturated carbocycles. The number of nitrogens with zero attached hydrogens (tertiary/aromatic N) is 3. The minimum Gasteiger partial charge on any atom is -0.475 e. The van der Waals surface area contributed by atoms with Crippen LogP contribution in [-0.4, -0.2) is 46.6 Å². The number of likely N-dealkylation sites (tertiary alicyclic amines) is 1. The van der Waals surface area contributed by atoms with Crippen LogP contribution in [0.15, 0.2) is 6.07 Å². The molecule has 0 spiro atoms. The maximum absolute atomic E-state index is 5.67. The number of piperidine rings is 1. The van der Waals surface area contributed by atoms with E-state index in [2.05, 4.69) is 27.1 Å². The Balaban J connectivity index is 2.02. The van der Waals surface area contributed by atoms with Gasteiger partial charge in [-0.2, -0.15) is 4.98 Å². The van der Waals surface area contributed by atoms with E-state index in [9.17, 15) is 0 Å². The topological polar surface area (TPSA) is 50.3 Å². The van der Waals surface area contributed by atoms with Crippen molar-refractivity contribution < 1.29 is 4.74 Å². The Bertz CT molecular complexity index is 436. The molecule has 0 amide bonds. The van der Waals surface area contributed by atoms with E-state index in [1.165, 1.54) is 19.4 Å². The molecule has 1 aromatic rings. The van der Waals surface area contributed by atoms with Crippen LogP contribution in [0.5, 0.6) is 5.88 Å². The first-order valence-electron chi connectivity index (χ1n) is 7.58. The van der Waals surface area contributed by atoms with Crippen molar-refractivity contribution in [3.8, 4) is 5.88 Å². The van der Waals surface area contributed by atoms with Crippen molar-refractivity contribution in [2.45, 2.75) is 52.7 Å². The predicted octanol–water partition coefficient (Wildman–Crippen LogP) is 2.47. The summed E-state index contributed by atoms with van der Waals surface area (Å²) in [6, 6.07) is 2.31. The summed E-state index contributed by atoms with van der Waals surface area (Å²) < 4.78 is 5.67. The Labute approximate surface area is 121 Å². The second-order valence-electron chi connectivity index (χ2n) is 5.71. The van der Waals surface area contributed by atoms with Crippen LogP contribution in [-0.2, 0) is 0 Å². The fraction of sp³-hybridized carbons (Fsp3) is 0.733. The minimum atomic E-state index is 0.127. The zero-order chi connectivity index (χ0) is 14.5. The molecule has 1 aromatic heterocycles. The maximum Gasteiger partial charge on any atom is 0.226 e. The van der Waals surface area contributed by atoms with Crippen molar-refractivity contribution in [2.24, 2.45) is 0 Å². The number of aromatic nitrogens is 2. The third kappa shape index (κ3) is 4.34. The summed E-state index contributed by atoms with van der Waals surface area (Å²) in [5, 5.41) is 3.46. The van der Waals surface area contributed by atoms with Crippen LogP contribution in [0.25, 0.3) is 0 Å². The number of hydrogen-bond donors (Lipinski definition) is 1. The molecule has 112 valence electrons. The molecule has 1 N–H and O–H groups in total. The molecule has 0 radical (unpaired) electrons. The van der Waals surface area contributed by atoms with Gasteiger partial charge in [-0.05, 0) is 46.7 Å². The van der Waals surface area contributed by atoms with E-state index in [4.69, 9.17) is 4.74 Å². The summed E-state index contributed by atoms with van der Waals surface area (Å²) in [6.07, 6.45) is 2.53. The maximum atomic E-state index is 5.67. The number of likely N-dealkylation sites (N-methyl/N-ethyl adjacent to an activating group) is 1. The van der Waals surface area contributed by atoms with Crippen molar-refractivity contribution >= 4 is 5.95 Å². The average molecular weight is 278 g/mol. The second kappa shape index (κ2) is 6.88. The molecule has 0 bridgehead atoms. The van der Waals surface area contributed by atoms with Crippen molar-refractivity contribution in [3.63, 3.8) is 0 Å². The summed E-state index contributed by atoms with van der Waals surface area (Å²) in [5.41, 5.74) is 0.932. The Morgan fingerprint density at radius 3 is 2.95 bits per heavy atom. The first kappa shape index (κ1) is 15.0. The molecule has 2 rings (SSSR count). The fourth-order valence-corrected chi connectivity index (χ4v) is 2.55. The first-order chi connectivity index (χ1) is 9.56. The lowest BCUT2D eigenvalue weighted by molar-refractivity contribution is 0.225. The summed E-state index contributed by atoms with van der Waals surface area (Å²) >= 11 is 0. The van der Waals surface area contributed by atoms with Gasteiger partial charge in [0.25, 0.3) is 0 Å². The van der Waals surface area contributed by atoms with Gasteiger partial charge in [-0.25, -0.2) is 4.98 Å². The molecule has 2 heterocycles. The zero-order valence-electron chi connectivity index (χ0n) is 13.0. The van der Waals surface area contributed by atoms with Gasteiger partial charge in [0.1, 0.15) is 0 Å². The molecular formula is C15H26N4O. The number of ether oxygens (including phenoxy) is 1. The van der Waals surface area contributed by atoms with Gasteiger partial charge in [-0.15, -0.1) is 0 Å². The molecule has 1 unspecified atom stereocenters. The standard InChI is InChI=1S/C15H26N4O/c1-5-19-8-6-7-13(10-19)17-15-16-12(4)9-14(18-15)20-11(2)3/h9,11,13H,5-8,10H2,1-4H3,(H,16,17,18). The highest BCUT2D eigenvalue weighted by molar-refractivity contribution is 5.32. The molecule has 0 aromatic carbocycles. The summed E-state index contributed by atoms with van der Waals surface area (Å²) in [5.74, 6) is 1.33. The molecule has 0 aliphatic carbocycles. The summed E-state index contributed by atoms with van der Waals surface area (Å²) in [4.78, 5) is 11.4. The number of anilines is 1. The molecule has 5 nitrogen and oxygen atoms in total. The van der Waals surface area contributed by atoms with Crippen LogP contribution < -0.4 is 10.1 Å². The minimum absolute atomic E-state index is 0.127. The highest BCUT2D eigenvalue weighted by Gasteiger charge is 2.19. The van der Waals surface area contributed by atoms with E-state index >= 15 is 0 Å². The number of nitrogens with one attached hydrogen (secondary N) is 1. The lowest BCUT2D eigenvalue weighted by Gasteiger charge is -2.32. The molecule has 1 saturated heterocycles. The monoisotopic (exact) mass is 278 g/mol. The second-order valence-corrected chi connectivity index (χ2v) is 5.71. The van der Waals surface area contributed by atoms with Crippen LogP contribution in [0, 0.1) is 6.92 Å². The van der Waals surface area contributed by atoms with Crippen molar-refractivity contribution in [2.75, 3.05) is 25.0 Å². The van der Waals surface area contributed by atoms with E-state index in [1.807, 2.05) is 26.8 Å². The Morgan fingerprint density at radius 1 is 1.45 bits per heavy atom. The van der Waals surface area contributed by atoms with Crippen molar-refractivity contribution in [1.29, 1.82) is 0 Å². The molecule has 1 fully saturated rings. The summed E-state index contributed by atoms with van der Waals surface area (Å²) in [6.45, 7) is 11.6. The van der Waals surface area contributed by atoms with Gasteiger partial charge >= 0.3 is 0 Å². The van der Waals surface area contributed by atoms with Crippen LogP contribution in [0.4, 0.5) is 5.95 Å². The molecule has 1 aliphatic rings. The third-order valence-electron chi connectivity index (χ3n) is 3.47. The van der Waals surface area contributed by atoms with Gasteiger partial charge in [-0.1, -0.05) is 6.92 Å². The van der Waals surface area contributed by atoms with Crippen molar-refractivity contribution in [1.82, 2.24) is 14.9 Å². The van der Waals surface area contributed by atoms with E-state index < -0.39 is 0 Å². The highest BCUT2D eigenvalue weighted by atomic mass is 16.5. The fourth-order valence-electron chi connectivity index (χ4n) is 2.55. The van der Waals surface area contributed by atoms with E-state index in [1.54, 1.807) is 0 Å². The van der Waals surface area contributed by atoms with Gasteiger partial charge in [0, 0.05) is 24.3 Å². The molecule has 20 heavy (non-hydrogen) atoms. The van der Waals surface area contributed by atoms with Gasteiger partial charge in [0.2, 0.25) is 11.8 Å². The van der Waals surface area contributed by atoms with Gasteiger partial charge < -0.3 is 15.0 Å². The van der Waals surface area contributed by atoms with Gasteiger partial charge in [0.05, 0.1) is 6.10 Å². The molecule has 1 atom stereocenters. The van der Waals surface area contributed by atoms with E-state index in [-0.39, 0.29) is 6.10 Å². The Hall–Kier alpha value is -1.36. The normalized spacial score (nSPS) is 20.1. The quantitative estimate of drug-likeness (QED) is 0.896. The van der Waals surface area contributed by atoms with Crippen LogP contribution >= 0.6 is 0 Å².